The highest BCUT2D eigenvalue weighted by atomic mass is 16.2. The Hall–Kier alpha value is -2.13. The van der Waals surface area contributed by atoms with Crippen LogP contribution in [0.25, 0.3) is 0 Å². The average molecular weight is 391 g/mol. The van der Waals surface area contributed by atoms with E-state index in [0.717, 1.165) is 25.2 Å². The van der Waals surface area contributed by atoms with E-state index in [1.807, 2.05) is 24.3 Å². The number of amides is 1. The van der Waals surface area contributed by atoms with Crippen molar-refractivity contribution < 1.29 is 4.79 Å². The molecule has 0 spiro atoms. The van der Waals surface area contributed by atoms with Gasteiger partial charge in [0.25, 0.3) is 5.91 Å². The molecule has 2 aromatic rings. The van der Waals surface area contributed by atoms with Crippen molar-refractivity contribution >= 4 is 5.91 Å². The monoisotopic (exact) mass is 390 g/mol. The summed E-state index contributed by atoms with van der Waals surface area (Å²) in [6.07, 6.45) is 6.76. The number of hydrogen-bond acceptors (Lipinski definition) is 2. The molecular formula is C26H34N2O. The molecular weight excluding hydrogens is 356 g/mol. The van der Waals surface area contributed by atoms with Gasteiger partial charge in [0.2, 0.25) is 0 Å². The highest BCUT2D eigenvalue weighted by Crippen LogP contribution is 2.35. The van der Waals surface area contributed by atoms with E-state index in [2.05, 4.69) is 54.1 Å². The first kappa shape index (κ1) is 20.2. The number of hydrogen-bond donors (Lipinski definition) is 0. The van der Waals surface area contributed by atoms with Crippen LogP contribution in [-0.4, -0.2) is 48.4 Å². The molecule has 1 amide bonds. The molecule has 29 heavy (non-hydrogen) atoms. The minimum absolute atomic E-state index is 0.175. The molecule has 0 bridgehead atoms. The number of carbonyl (C=O) groups is 1. The lowest BCUT2D eigenvalue weighted by atomic mass is 9.87. The van der Waals surface area contributed by atoms with Crippen LogP contribution in [0.2, 0.25) is 0 Å². The molecule has 3 heteroatoms. The Morgan fingerprint density at radius 3 is 2.34 bits per heavy atom. The van der Waals surface area contributed by atoms with E-state index < -0.39 is 0 Å². The van der Waals surface area contributed by atoms with Crippen LogP contribution in [0, 0.1) is 12.8 Å². The Bertz CT molecular complexity index is 795. The summed E-state index contributed by atoms with van der Waals surface area (Å²) in [5.74, 6) is 1.07. The lowest BCUT2D eigenvalue weighted by molar-refractivity contribution is 0.0780. The highest BCUT2D eigenvalue weighted by molar-refractivity contribution is 5.94. The summed E-state index contributed by atoms with van der Waals surface area (Å²) in [5.41, 5.74) is 3.37. The summed E-state index contributed by atoms with van der Waals surface area (Å²) in [4.78, 5) is 17.8. The lowest BCUT2D eigenvalue weighted by Crippen LogP contribution is -2.38. The molecule has 0 radical (unpaired) electrons. The number of rotatable bonds is 5. The molecule has 1 heterocycles. The SMILES string of the molecule is Cc1ccc(C(=O)N2CC(CN(C)C3CCCCC3)C(c3ccccc3)C2)cc1. The van der Waals surface area contributed by atoms with Crippen molar-refractivity contribution in [3.63, 3.8) is 0 Å². The van der Waals surface area contributed by atoms with Gasteiger partial charge in [-0.3, -0.25) is 4.79 Å². The minimum Gasteiger partial charge on any atom is -0.338 e. The Kier molecular flexibility index (Phi) is 6.34. The first-order chi connectivity index (χ1) is 14.1. The Morgan fingerprint density at radius 2 is 1.66 bits per heavy atom. The molecule has 2 unspecified atom stereocenters. The van der Waals surface area contributed by atoms with E-state index in [-0.39, 0.29) is 5.91 Å². The average Bonchev–Trinajstić information content (AvgIpc) is 3.19. The Balaban J connectivity index is 1.51. The summed E-state index contributed by atoms with van der Waals surface area (Å²) in [6, 6.07) is 19.5. The molecule has 2 aromatic carbocycles. The van der Waals surface area contributed by atoms with Gasteiger partial charge in [0.1, 0.15) is 0 Å². The zero-order chi connectivity index (χ0) is 20.2. The Labute approximate surface area is 175 Å². The van der Waals surface area contributed by atoms with Gasteiger partial charge in [-0.2, -0.15) is 0 Å². The van der Waals surface area contributed by atoms with Crippen molar-refractivity contribution in [1.29, 1.82) is 0 Å². The third-order valence-electron chi connectivity index (χ3n) is 6.98. The van der Waals surface area contributed by atoms with Crippen LogP contribution in [-0.2, 0) is 0 Å². The topological polar surface area (TPSA) is 23.6 Å². The zero-order valence-corrected chi connectivity index (χ0v) is 17.9. The number of benzene rings is 2. The molecule has 0 aromatic heterocycles. The van der Waals surface area contributed by atoms with Gasteiger partial charge < -0.3 is 9.80 Å². The number of likely N-dealkylation sites (tertiary alicyclic amines) is 1. The van der Waals surface area contributed by atoms with Crippen LogP contribution in [0.4, 0.5) is 0 Å². The smallest absolute Gasteiger partial charge is 0.253 e. The van der Waals surface area contributed by atoms with Gasteiger partial charge in [0, 0.05) is 37.2 Å². The van der Waals surface area contributed by atoms with Gasteiger partial charge in [-0.05, 0) is 50.4 Å². The molecule has 2 fully saturated rings. The lowest BCUT2D eigenvalue weighted by Gasteiger charge is -2.34. The molecule has 3 nitrogen and oxygen atoms in total. The second-order valence-corrected chi connectivity index (χ2v) is 9.08. The van der Waals surface area contributed by atoms with E-state index in [4.69, 9.17) is 0 Å². The van der Waals surface area contributed by atoms with E-state index in [1.165, 1.54) is 43.2 Å². The third kappa shape index (κ3) is 4.72. The molecule has 1 aliphatic carbocycles. The number of aryl methyl sites for hydroxylation is 1. The molecule has 1 saturated heterocycles. The predicted octanol–water partition coefficient (Wildman–Crippen LogP) is 5.12. The molecule has 1 saturated carbocycles. The quantitative estimate of drug-likeness (QED) is 0.708. The molecule has 1 aliphatic heterocycles. The first-order valence-corrected chi connectivity index (χ1v) is 11.2. The maximum atomic E-state index is 13.2. The maximum absolute atomic E-state index is 13.2. The van der Waals surface area contributed by atoms with Crippen LogP contribution in [0.15, 0.2) is 54.6 Å². The molecule has 0 N–H and O–H groups in total. The van der Waals surface area contributed by atoms with Gasteiger partial charge in [0.05, 0.1) is 0 Å². The first-order valence-electron chi connectivity index (χ1n) is 11.2. The van der Waals surface area contributed by atoms with Crippen molar-refractivity contribution in [2.45, 2.75) is 51.0 Å². The summed E-state index contributed by atoms with van der Waals surface area (Å²) in [7, 11) is 2.29. The standard InChI is InChI=1S/C26H34N2O/c1-20-13-15-22(16-14-20)26(29)28-18-23(17-27(2)24-11-7-4-8-12-24)25(19-28)21-9-5-3-6-10-21/h3,5-6,9-10,13-16,23-25H,4,7-8,11-12,17-19H2,1-2H3. The van der Waals surface area contributed by atoms with E-state index in [1.54, 1.807) is 0 Å². The van der Waals surface area contributed by atoms with Gasteiger partial charge >= 0.3 is 0 Å². The number of carbonyl (C=O) groups excluding carboxylic acids is 1. The van der Waals surface area contributed by atoms with Crippen molar-refractivity contribution in [2.75, 3.05) is 26.7 Å². The molecule has 2 atom stereocenters. The summed E-state index contributed by atoms with van der Waals surface area (Å²) >= 11 is 0. The van der Waals surface area contributed by atoms with Gasteiger partial charge in [-0.25, -0.2) is 0 Å². The molecule has 154 valence electrons. The second-order valence-electron chi connectivity index (χ2n) is 9.08. The van der Waals surface area contributed by atoms with Crippen LogP contribution < -0.4 is 0 Å². The fraction of sp³-hybridized carbons (Fsp3) is 0.500. The summed E-state index contributed by atoms with van der Waals surface area (Å²) in [6.45, 7) is 4.80. The van der Waals surface area contributed by atoms with Crippen LogP contribution in [0.1, 0.15) is 59.5 Å². The van der Waals surface area contributed by atoms with Crippen molar-refractivity contribution in [3.8, 4) is 0 Å². The Morgan fingerprint density at radius 1 is 0.966 bits per heavy atom. The van der Waals surface area contributed by atoms with E-state index in [9.17, 15) is 4.79 Å². The molecule has 2 aliphatic rings. The number of nitrogens with zero attached hydrogens (tertiary/aromatic N) is 2. The minimum atomic E-state index is 0.175. The van der Waals surface area contributed by atoms with E-state index >= 15 is 0 Å². The van der Waals surface area contributed by atoms with Gasteiger partial charge in [-0.15, -0.1) is 0 Å². The van der Waals surface area contributed by atoms with Gasteiger partial charge in [-0.1, -0.05) is 67.3 Å². The van der Waals surface area contributed by atoms with Gasteiger partial charge in [0.15, 0.2) is 0 Å². The van der Waals surface area contributed by atoms with E-state index in [0.29, 0.717) is 17.9 Å². The second kappa shape index (κ2) is 9.13. The normalized spacial score (nSPS) is 22.9. The van der Waals surface area contributed by atoms with Crippen LogP contribution in [0.3, 0.4) is 0 Å². The fourth-order valence-corrected chi connectivity index (χ4v) is 5.22. The molecule has 4 rings (SSSR count). The third-order valence-corrected chi connectivity index (χ3v) is 6.98. The maximum Gasteiger partial charge on any atom is 0.253 e. The fourth-order valence-electron chi connectivity index (χ4n) is 5.22. The van der Waals surface area contributed by atoms with Crippen molar-refractivity contribution in [1.82, 2.24) is 9.80 Å². The highest BCUT2D eigenvalue weighted by Gasteiger charge is 2.37. The summed E-state index contributed by atoms with van der Waals surface area (Å²) < 4.78 is 0. The van der Waals surface area contributed by atoms with Crippen molar-refractivity contribution in [3.05, 3.63) is 71.3 Å². The van der Waals surface area contributed by atoms with Crippen LogP contribution in [0.5, 0.6) is 0 Å². The van der Waals surface area contributed by atoms with Crippen molar-refractivity contribution in [2.24, 2.45) is 5.92 Å². The zero-order valence-electron chi connectivity index (χ0n) is 17.9. The van der Waals surface area contributed by atoms with Crippen LogP contribution >= 0.6 is 0 Å². The summed E-state index contributed by atoms with van der Waals surface area (Å²) in [5, 5.41) is 0. The predicted molar refractivity (Wildman–Crippen MR) is 119 cm³/mol. The largest absolute Gasteiger partial charge is 0.338 e.